The summed E-state index contributed by atoms with van der Waals surface area (Å²) < 4.78 is 4.75. The van der Waals surface area contributed by atoms with E-state index in [1.807, 2.05) is 70.2 Å². The Hall–Kier alpha value is -5.88. The van der Waals surface area contributed by atoms with Gasteiger partial charge in [-0.1, -0.05) is 37.8 Å². The topological polar surface area (TPSA) is 170 Å². The molecule has 2 aliphatic rings. The molecule has 2 saturated heterocycles. The zero-order chi connectivity index (χ0) is 38.4. The van der Waals surface area contributed by atoms with Crippen molar-refractivity contribution in [3.05, 3.63) is 71.4 Å². The predicted molar refractivity (Wildman–Crippen MR) is 202 cm³/mol. The lowest BCUT2D eigenvalue weighted by atomic mass is 10.0. The number of nitrogens with one attached hydrogen (secondary N) is 3. The van der Waals surface area contributed by atoms with Crippen molar-refractivity contribution >= 4 is 35.5 Å². The summed E-state index contributed by atoms with van der Waals surface area (Å²) >= 11 is 0. The zero-order valence-corrected chi connectivity index (χ0v) is 31.5. The van der Waals surface area contributed by atoms with E-state index in [1.165, 1.54) is 19.2 Å². The number of fused-ring (bicyclic) bond motifs is 1. The van der Waals surface area contributed by atoms with Gasteiger partial charge < -0.3 is 34.7 Å². The minimum atomic E-state index is -0.694. The van der Waals surface area contributed by atoms with E-state index in [0.717, 1.165) is 71.3 Å². The lowest BCUT2D eigenvalue weighted by Crippen LogP contribution is -2.51. The van der Waals surface area contributed by atoms with Crippen LogP contribution in [0.25, 0.3) is 22.3 Å². The highest BCUT2D eigenvalue weighted by Gasteiger charge is 2.38. The summed E-state index contributed by atoms with van der Waals surface area (Å²) in [5.74, 6) is 7.69. The van der Waals surface area contributed by atoms with Crippen LogP contribution in [-0.2, 0) is 19.3 Å². The first-order chi connectivity index (χ1) is 26.1. The lowest BCUT2D eigenvalue weighted by molar-refractivity contribution is -0.188. The Kier molecular flexibility index (Phi) is 11.8. The number of aromatic amines is 2. The van der Waals surface area contributed by atoms with Gasteiger partial charge >= 0.3 is 12.1 Å². The van der Waals surface area contributed by atoms with E-state index in [1.54, 1.807) is 16.0 Å². The van der Waals surface area contributed by atoms with Gasteiger partial charge in [0.1, 0.15) is 17.7 Å². The normalized spacial score (nSPS) is 17.6. The first-order valence-corrected chi connectivity index (χ1v) is 18.2. The molecule has 54 heavy (non-hydrogen) atoms. The molecule has 0 unspecified atom stereocenters. The highest BCUT2D eigenvalue weighted by Crippen LogP contribution is 2.34. The van der Waals surface area contributed by atoms with Gasteiger partial charge in [0.15, 0.2) is 0 Å². The molecule has 3 atom stereocenters. The van der Waals surface area contributed by atoms with Gasteiger partial charge in [-0.05, 0) is 81.3 Å². The summed E-state index contributed by atoms with van der Waals surface area (Å²) in [4.78, 5) is 68.1. The van der Waals surface area contributed by atoms with E-state index >= 15 is 0 Å². The molecule has 3 N–H and O–H groups in total. The second-order valence-corrected chi connectivity index (χ2v) is 14.0. The molecule has 6 rings (SSSR count). The Morgan fingerprint density at radius 2 is 1.63 bits per heavy atom. The van der Waals surface area contributed by atoms with E-state index in [0.29, 0.717) is 18.9 Å². The number of alkyl carbamates (subject to hydrolysis) is 1. The number of benzene rings is 2. The number of hydrogen-bond donors (Lipinski definition) is 3. The van der Waals surface area contributed by atoms with Gasteiger partial charge in [-0.15, -0.1) is 5.10 Å². The number of carbonyl (C=O) groups is 3. The molecule has 15 heteroatoms. The standard InChI is InChI=1S/C39H47N9O6/c1-24(2)34(45-38(50)52-5)37(49)46-19-7-10-33(46)36-42-29-18-15-27(21-30(29)43-36)12-11-26-13-16-28(17-14-26)31-22-40-35(44-31)32-9-8-20-47(32)39(51)48(25(3)4)41-23-54-53-6/h13-18,21-25,32-34H,7-10,19-20H2,1-6H3,(H,40,44)(H,42,43)(H,45,50)/t32-,33-,34-/m0/s1. The van der Waals surface area contributed by atoms with Crippen LogP contribution in [0.15, 0.2) is 53.8 Å². The summed E-state index contributed by atoms with van der Waals surface area (Å²) in [7, 11) is 2.66. The Morgan fingerprint density at radius 1 is 0.944 bits per heavy atom. The van der Waals surface area contributed by atoms with Crippen molar-refractivity contribution in [2.45, 2.75) is 77.5 Å². The van der Waals surface area contributed by atoms with Crippen LogP contribution in [0.2, 0.25) is 0 Å². The Balaban J connectivity index is 1.12. The summed E-state index contributed by atoms with van der Waals surface area (Å²) in [5, 5.41) is 8.20. The van der Waals surface area contributed by atoms with E-state index in [9.17, 15) is 14.4 Å². The molecule has 2 aromatic carbocycles. The fraction of sp³-hybridized carbons (Fsp3) is 0.436. The molecule has 0 radical (unpaired) electrons. The second kappa shape index (κ2) is 16.9. The van der Waals surface area contributed by atoms with Crippen LogP contribution >= 0.6 is 0 Å². The molecule has 0 saturated carbocycles. The van der Waals surface area contributed by atoms with Crippen LogP contribution in [0.1, 0.15) is 88.2 Å². The number of amides is 4. The summed E-state index contributed by atoms with van der Waals surface area (Å²) in [6.45, 7) is 8.75. The molecule has 0 spiro atoms. The monoisotopic (exact) mass is 737 g/mol. The Bertz CT molecular complexity index is 2040. The SMILES string of the molecule is COOC=NN(C(=O)N1CCC[C@H]1c1ncc(-c2ccc(C#Cc3ccc4nc([C@@H]5CCCN5C(=O)[C@@H](NC(=O)OC)C(C)C)[nH]c4c3)cc2)[nH]1)C(C)C. The molecule has 15 nitrogen and oxygen atoms in total. The lowest BCUT2D eigenvalue weighted by Gasteiger charge is -2.30. The van der Waals surface area contributed by atoms with Crippen molar-refractivity contribution in [1.82, 2.24) is 40.1 Å². The molecule has 2 fully saturated rings. The molecule has 4 heterocycles. The number of urea groups is 1. The molecule has 284 valence electrons. The summed E-state index contributed by atoms with van der Waals surface area (Å²) in [6.07, 6.45) is 5.52. The predicted octanol–water partition coefficient (Wildman–Crippen LogP) is 5.89. The van der Waals surface area contributed by atoms with Gasteiger partial charge in [-0.3, -0.25) is 4.79 Å². The smallest absolute Gasteiger partial charge is 0.407 e. The first-order valence-electron chi connectivity index (χ1n) is 18.2. The van der Waals surface area contributed by atoms with E-state index < -0.39 is 12.1 Å². The number of aromatic nitrogens is 4. The van der Waals surface area contributed by atoms with Gasteiger partial charge in [0.05, 0.1) is 55.3 Å². The number of hydrogen-bond acceptors (Lipinski definition) is 9. The molecule has 2 aromatic heterocycles. The minimum absolute atomic E-state index is 0.110. The largest absolute Gasteiger partial charge is 0.453 e. The van der Waals surface area contributed by atoms with Crippen LogP contribution in [-0.4, -0.2) is 98.6 Å². The number of methoxy groups -OCH3 is 1. The number of likely N-dealkylation sites (tertiary alicyclic amines) is 2. The van der Waals surface area contributed by atoms with Crippen LogP contribution in [0.3, 0.4) is 0 Å². The van der Waals surface area contributed by atoms with Crippen molar-refractivity contribution in [2.24, 2.45) is 11.0 Å². The third kappa shape index (κ3) is 8.34. The number of hydrazone groups is 1. The summed E-state index contributed by atoms with van der Waals surface area (Å²) in [6, 6.07) is 12.2. The fourth-order valence-corrected chi connectivity index (χ4v) is 6.92. The molecule has 4 amide bonds. The van der Waals surface area contributed by atoms with Crippen molar-refractivity contribution in [3.8, 4) is 23.1 Å². The average Bonchev–Trinajstić information content (AvgIpc) is 4.00. The summed E-state index contributed by atoms with van der Waals surface area (Å²) in [5.41, 5.74) is 5.10. The minimum Gasteiger partial charge on any atom is -0.453 e. The quantitative estimate of drug-likeness (QED) is 0.0595. The highest BCUT2D eigenvalue weighted by molar-refractivity contribution is 5.86. The molecular formula is C39H47N9O6. The number of ether oxygens (including phenoxy) is 1. The van der Waals surface area contributed by atoms with Gasteiger partial charge in [0.2, 0.25) is 12.3 Å². The number of rotatable bonds is 10. The zero-order valence-electron chi connectivity index (χ0n) is 31.5. The average molecular weight is 738 g/mol. The van der Waals surface area contributed by atoms with Gasteiger partial charge in [0, 0.05) is 24.2 Å². The number of nitrogens with zero attached hydrogens (tertiary/aromatic N) is 6. The molecule has 4 aromatic rings. The molecule has 0 bridgehead atoms. The van der Waals surface area contributed by atoms with Crippen molar-refractivity contribution < 1.29 is 28.9 Å². The van der Waals surface area contributed by atoms with Gasteiger partial charge in [-0.2, -0.15) is 4.89 Å². The molecule has 2 aliphatic heterocycles. The second-order valence-electron chi connectivity index (χ2n) is 14.0. The molecule has 0 aliphatic carbocycles. The van der Waals surface area contributed by atoms with Crippen molar-refractivity contribution in [3.63, 3.8) is 0 Å². The van der Waals surface area contributed by atoms with Crippen LogP contribution < -0.4 is 5.32 Å². The van der Waals surface area contributed by atoms with E-state index in [2.05, 4.69) is 42.1 Å². The highest BCUT2D eigenvalue weighted by atomic mass is 17.2. The maximum absolute atomic E-state index is 13.5. The number of carbonyl (C=O) groups excluding carboxylic acids is 3. The third-order valence-corrected chi connectivity index (χ3v) is 9.70. The number of imidazole rings is 2. The Labute approximate surface area is 314 Å². The van der Waals surface area contributed by atoms with Gasteiger partial charge in [0.25, 0.3) is 0 Å². The number of H-pyrrole nitrogens is 2. The van der Waals surface area contributed by atoms with Crippen LogP contribution in [0.4, 0.5) is 9.59 Å². The first kappa shape index (κ1) is 37.9. The van der Waals surface area contributed by atoms with E-state index in [-0.39, 0.29) is 36.0 Å². The van der Waals surface area contributed by atoms with Crippen molar-refractivity contribution in [2.75, 3.05) is 27.3 Å². The van der Waals surface area contributed by atoms with Crippen LogP contribution in [0, 0.1) is 17.8 Å². The van der Waals surface area contributed by atoms with Crippen LogP contribution in [0.5, 0.6) is 0 Å². The maximum atomic E-state index is 13.5. The maximum Gasteiger partial charge on any atom is 0.407 e. The van der Waals surface area contributed by atoms with Crippen molar-refractivity contribution in [1.29, 1.82) is 0 Å². The van der Waals surface area contributed by atoms with E-state index in [4.69, 9.17) is 14.6 Å². The van der Waals surface area contributed by atoms with Gasteiger partial charge in [-0.25, -0.2) is 24.6 Å². The fourth-order valence-electron chi connectivity index (χ4n) is 6.92. The third-order valence-electron chi connectivity index (χ3n) is 9.70. The Morgan fingerprint density at radius 3 is 2.31 bits per heavy atom. The molecular weight excluding hydrogens is 690 g/mol.